The van der Waals surface area contributed by atoms with Crippen molar-refractivity contribution in [2.24, 2.45) is 5.10 Å². The van der Waals surface area contributed by atoms with E-state index in [-0.39, 0.29) is 5.56 Å². The summed E-state index contributed by atoms with van der Waals surface area (Å²) in [4.78, 5) is 17.9. The lowest BCUT2D eigenvalue weighted by atomic mass is 10.1. The first-order valence-electron chi connectivity index (χ1n) is 7.56. The number of aromatic nitrogens is 2. The highest BCUT2D eigenvalue weighted by Gasteiger charge is 2.12. The molecule has 0 saturated carbocycles. The summed E-state index contributed by atoms with van der Waals surface area (Å²) >= 11 is 7.33. The predicted molar refractivity (Wildman–Crippen MR) is 104 cm³/mol. The first-order chi connectivity index (χ1) is 12.2. The van der Waals surface area contributed by atoms with Crippen molar-refractivity contribution >= 4 is 39.4 Å². The Morgan fingerprint density at radius 3 is 2.60 bits per heavy atom. The molecule has 0 aliphatic heterocycles. The van der Waals surface area contributed by atoms with E-state index in [1.54, 1.807) is 18.3 Å². The second-order valence-corrected chi connectivity index (χ2v) is 6.68. The number of rotatable bonds is 3. The average Bonchev–Trinajstić information content (AvgIpc) is 3.08. The molecule has 0 radical (unpaired) electrons. The van der Waals surface area contributed by atoms with E-state index in [2.05, 4.69) is 10.1 Å². The molecule has 0 bridgehead atoms. The summed E-state index contributed by atoms with van der Waals surface area (Å²) in [5.74, 6) is 0. The maximum atomic E-state index is 12.9. The molecule has 6 heteroatoms. The van der Waals surface area contributed by atoms with Gasteiger partial charge < -0.3 is 0 Å². The van der Waals surface area contributed by atoms with Crippen molar-refractivity contribution < 1.29 is 0 Å². The molecule has 0 aliphatic carbocycles. The zero-order chi connectivity index (χ0) is 17.2. The second-order valence-electron chi connectivity index (χ2n) is 5.39. The maximum Gasteiger partial charge on any atom is 0.283 e. The van der Waals surface area contributed by atoms with Crippen molar-refractivity contribution in [2.45, 2.75) is 0 Å². The van der Waals surface area contributed by atoms with Crippen molar-refractivity contribution in [1.82, 2.24) is 9.66 Å². The molecule has 4 aromatic rings. The zero-order valence-corrected chi connectivity index (χ0v) is 14.5. The van der Waals surface area contributed by atoms with Gasteiger partial charge in [0.2, 0.25) is 0 Å². The monoisotopic (exact) mass is 365 g/mol. The topological polar surface area (TPSA) is 47.2 Å². The predicted octanol–water partition coefficient (Wildman–Crippen LogP) is 4.66. The molecule has 0 N–H and O–H groups in total. The highest BCUT2D eigenvalue weighted by Crippen LogP contribution is 2.30. The van der Waals surface area contributed by atoms with Crippen LogP contribution in [0.2, 0.25) is 5.02 Å². The van der Waals surface area contributed by atoms with E-state index in [1.165, 1.54) is 22.3 Å². The van der Waals surface area contributed by atoms with E-state index in [0.717, 1.165) is 16.7 Å². The van der Waals surface area contributed by atoms with Crippen molar-refractivity contribution in [3.05, 3.63) is 87.2 Å². The summed E-state index contributed by atoms with van der Waals surface area (Å²) in [7, 11) is 0. The largest absolute Gasteiger partial charge is 0.283 e. The molecule has 0 amide bonds. The summed E-state index contributed by atoms with van der Waals surface area (Å²) < 4.78 is 1.26. The minimum Gasteiger partial charge on any atom is -0.267 e. The molecule has 0 unspecified atom stereocenters. The first-order valence-corrected chi connectivity index (χ1v) is 8.82. The summed E-state index contributed by atoms with van der Waals surface area (Å²) in [6, 6.07) is 17.0. The van der Waals surface area contributed by atoms with Crippen molar-refractivity contribution in [2.75, 3.05) is 0 Å². The molecule has 122 valence electrons. The second kappa shape index (κ2) is 6.63. The highest BCUT2D eigenvalue weighted by atomic mass is 35.5. The van der Waals surface area contributed by atoms with Gasteiger partial charge in [0.25, 0.3) is 5.56 Å². The third kappa shape index (κ3) is 3.12. The van der Waals surface area contributed by atoms with Gasteiger partial charge in [-0.3, -0.25) is 4.79 Å². The van der Waals surface area contributed by atoms with E-state index < -0.39 is 0 Å². The molecular weight excluding hydrogens is 354 g/mol. The molecule has 4 nitrogen and oxygen atoms in total. The van der Waals surface area contributed by atoms with Crippen LogP contribution in [0.1, 0.15) is 5.56 Å². The fraction of sp³-hybridized carbons (Fsp3) is 0. The number of hydrogen-bond donors (Lipinski definition) is 0. The Balaban J connectivity index is 1.80. The number of benzene rings is 2. The minimum absolute atomic E-state index is 0.185. The molecule has 2 heterocycles. The van der Waals surface area contributed by atoms with Crippen molar-refractivity contribution in [3.8, 4) is 11.1 Å². The van der Waals surface area contributed by atoms with Gasteiger partial charge in [-0.25, -0.2) is 4.98 Å². The van der Waals surface area contributed by atoms with Crippen LogP contribution in [0.4, 0.5) is 0 Å². The third-order valence-corrected chi connectivity index (χ3v) is 4.90. The van der Waals surface area contributed by atoms with Crippen LogP contribution >= 0.6 is 22.9 Å². The number of nitrogens with zero attached hydrogens (tertiary/aromatic N) is 3. The van der Waals surface area contributed by atoms with E-state index in [9.17, 15) is 4.79 Å². The Kier molecular flexibility index (Phi) is 4.17. The molecule has 2 aromatic carbocycles. The van der Waals surface area contributed by atoms with Crippen LogP contribution in [0.3, 0.4) is 0 Å². The van der Waals surface area contributed by atoms with E-state index in [4.69, 9.17) is 11.6 Å². The number of halogens is 1. The molecule has 0 fully saturated rings. The molecule has 4 rings (SSSR count). The Bertz CT molecular complexity index is 1120. The number of thiophene rings is 1. The van der Waals surface area contributed by atoms with E-state index in [1.807, 2.05) is 47.8 Å². The van der Waals surface area contributed by atoms with Gasteiger partial charge in [0.15, 0.2) is 0 Å². The summed E-state index contributed by atoms with van der Waals surface area (Å²) in [6.45, 7) is 0. The van der Waals surface area contributed by atoms with Gasteiger partial charge in [0.1, 0.15) is 11.2 Å². The first kappa shape index (κ1) is 15.7. The fourth-order valence-corrected chi connectivity index (χ4v) is 3.55. The molecule has 2 aromatic heterocycles. The normalized spacial score (nSPS) is 11.4. The van der Waals surface area contributed by atoms with Gasteiger partial charge in [-0.2, -0.15) is 9.78 Å². The van der Waals surface area contributed by atoms with Gasteiger partial charge in [-0.1, -0.05) is 54.1 Å². The van der Waals surface area contributed by atoms with Gasteiger partial charge in [-0.15, -0.1) is 11.3 Å². The molecule has 0 saturated heterocycles. The van der Waals surface area contributed by atoms with Crippen LogP contribution < -0.4 is 5.56 Å². The Hall–Kier alpha value is -2.76. The summed E-state index contributed by atoms with van der Waals surface area (Å²) in [5, 5.41) is 7.45. The van der Waals surface area contributed by atoms with Crippen LogP contribution in [0.15, 0.2) is 76.2 Å². The van der Waals surface area contributed by atoms with E-state index in [0.29, 0.717) is 15.2 Å². The van der Waals surface area contributed by atoms with Gasteiger partial charge in [0, 0.05) is 16.0 Å². The van der Waals surface area contributed by atoms with Crippen molar-refractivity contribution in [1.29, 1.82) is 0 Å². The number of hydrogen-bond acceptors (Lipinski definition) is 4. The van der Waals surface area contributed by atoms with Crippen LogP contribution in [0.5, 0.6) is 0 Å². The van der Waals surface area contributed by atoms with Crippen LogP contribution in [-0.2, 0) is 0 Å². The zero-order valence-electron chi connectivity index (χ0n) is 13.0. The van der Waals surface area contributed by atoms with Crippen LogP contribution in [0.25, 0.3) is 21.3 Å². The molecule has 0 aliphatic rings. The van der Waals surface area contributed by atoms with E-state index >= 15 is 0 Å². The fourth-order valence-electron chi connectivity index (χ4n) is 2.51. The lowest BCUT2D eigenvalue weighted by Crippen LogP contribution is -2.16. The van der Waals surface area contributed by atoms with Crippen LogP contribution in [-0.4, -0.2) is 15.9 Å². The molecule has 0 spiro atoms. The lowest BCUT2D eigenvalue weighted by molar-refractivity contribution is 0.819. The standard InChI is InChI=1S/C19H12ClN3OS/c20-15-8-6-13(7-9-15)10-22-23-12-21-18-17(19(23)24)16(11-25-18)14-4-2-1-3-5-14/h1-12H/b22-10+. The Morgan fingerprint density at radius 2 is 1.84 bits per heavy atom. The third-order valence-electron chi connectivity index (χ3n) is 3.76. The molecule has 25 heavy (non-hydrogen) atoms. The summed E-state index contributed by atoms with van der Waals surface area (Å²) in [5.41, 5.74) is 2.54. The SMILES string of the molecule is O=c1c2c(-c3ccccc3)csc2ncn1/N=C/c1ccc(Cl)cc1. The number of fused-ring (bicyclic) bond motifs is 1. The Morgan fingerprint density at radius 1 is 1.08 bits per heavy atom. The highest BCUT2D eigenvalue weighted by molar-refractivity contribution is 7.17. The van der Waals surface area contributed by atoms with Crippen LogP contribution in [0, 0.1) is 0 Å². The van der Waals surface area contributed by atoms with Gasteiger partial charge in [0.05, 0.1) is 11.6 Å². The Labute approximate surface area is 152 Å². The summed E-state index contributed by atoms with van der Waals surface area (Å²) in [6.07, 6.45) is 3.06. The minimum atomic E-state index is -0.185. The van der Waals surface area contributed by atoms with Crippen molar-refractivity contribution in [3.63, 3.8) is 0 Å². The lowest BCUT2D eigenvalue weighted by Gasteiger charge is -2.01. The maximum absolute atomic E-state index is 12.9. The average molecular weight is 366 g/mol. The smallest absolute Gasteiger partial charge is 0.267 e. The van der Waals surface area contributed by atoms with Gasteiger partial charge in [-0.05, 0) is 23.3 Å². The quantitative estimate of drug-likeness (QED) is 0.496. The molecular formula is C19H12ClN3OS. The molecule has 0 atom stereocenters. The van der Waals surface area contributed by atoms with Gasteiger partial charge >= 0.3 is 0 Å².